The number of primary amides is 1. The summed E-state index contributed by atoms with van der Waals surface area (Å²) < 4.78 is 0. The van der Waals surface area contributed by atoms with E-state index in [9.17, 15) is 9.59 Å². The van der Waals surface area contributed by atoms with Crippen molar-refractivity contribution >= 4 is 23.2 Å². The molecule has 0 aliphatic carbocycles. The first-order valence-corrected chi connectivity index (χ1v) is 7.95. The van der Waals surface area contributed by atoms with Crippen LogP contribution in [0, 0.1) is 12.3 Å². The molecule has 2 heterocycles. The number of aliphatic hydroxyl groups is 1. The van der Waals surface area contributed by atoms with Gasteiger partial charge in [0.2, 0.25) is 5.91 Å². The van der Waals surface area contributed by atoms with Crippen molar-refractivity contribution in [3.63, 3.8) is 0 Å². The molecule has 7 heteroatoms. The summed E-state index contributed by atoms with van der Waals surface area (Å²) in [6.45, 7) is 1.70. The van der Waals surface area contributed by atoms with Crippen LogP contribution < -0.4 is 5.73 Å². The Morgan fingerprint density at radius 2 is 2.19 bits per heavy atom. The molecule has 0 bridgehead atoms. The highest BCUT2D eigenvalue weighted by Crippen LogP contribution is 2.21. The Balaban J connectivity index is 1.75. The topological polar surface area (TPSA) is 96.5 Å². The number of carbonyl (C=O) groups excluding carboxylic acids is 2. The molecule has 1 aliphatic rings. The van der Waals surface area contributed by atoms with Crippen molar-refractivity contribution in [1.29, 1.82) is 0 Å². The van der Waals surface area contributed by atoms with Gasteiger partial charge < -0.3 is 15.7 Å². The molecule has 21 heavy (non-hydrogen) atoms. The molecule has 2 rings (SSSR count). The van der Waals surface area contributed by atoms with Crippen LogP contribution in [-0.2, 0) is 11.2 Å². The summed E-state index contributed by atoms with van der Waals surface area (Å²) in [7, 11) is 0. The fraction of sp³-hybridized carbons (Fsp3) is 0.571. The SMILES string of the molecule is NC(=O)c1csc(C[CH]C(=O)N2CCC(CCO)CC2)n1. The second-order valence-corrected chi connectivity index (χ2v) is 6.12. The summed E-state index contributed by atoms with van der Waals surface area (Å²) in [5.74, 6) is -0.0146. The Bertz CT molecular complexity index is 495. The number of nitrogens with zero attached hydrogens (tertiary/aromatic N) is 2. The number of thiazole rings is 1. The van der Waals surface area contributed by atoms with Crippen molar-refractivity contribution in [3.05, 3.63) is 22.5 Å². The Labute approximate surface area is 128 Å². The number of likely N-dealkylation sites (tertiary alicyclic amines) is 1. The molecule has 1 saturated heterocycles. The number of nitrogens with two attached hydrogens (primary N) is 1. The molecule has 3 N–H and O–H groups in total. The number of rotatable bonds is 6. The minimum atomic E-state index is -0.546. The lowest BCUT2D eigenvalue weighted by molar-refractivity contribution is -0.129. The van der Waals surface area contributed by atoms with Crippen LogP contribution in [0.15, 0.2) is 5.38 Å². The zero-order valence-corrected chi connectivity index (χ0v) is 12.6. The summed E-state index contributed by atoms with van der Waals surface area (Å²) in [5, 5.41) is 11.2. The van der Waals surface area contributed by atoms with Crippen molar-refractivity contribution in [1.82, 2.24) is 9.88 Å². The van der Waals surface area contributed by atoms with E-state index in [2.05, 4.69) is 4.98 Å². The molecule has 2 amide bonds. The number of carbonyl (C=O) groups is 2. The number of hydrogen-bond acceptors (Lipinski definition) is 5. The summed E-state index contributed by atoms with van der Waals surface area (Å²) >= 11 is 1.33. The molecule has 1 radical (unpaired) electrons. The monoisotopic (exact) mass is 310 g/mol. The second kappa shape index (κ2) is 7.51. The van der Waals surface area contributed by atoms with E-state index < -0.39 is 5.91 Å². The van der Waals surface area contributed by atoms with Crippen LogP contribution in [0.5, 0.6) is 0 Å². The molecule has 0 aromatic carbocycles. The average Bonchev–Trinajstić information content (AvgIpc) is 2.95. The number of aliphatic hydroxyl groups excluding tert-OH is 1. The van der Waals surface area contributed by atoms with Gasteiger partial charge >= 0.3 is 0 Å². The molecule has 0 unspecified atom stereocenters. The van der Waals surface area contributed by atoms with Crippen LogP contribution >= 0.6 is 11.3 Å². The van der Waals surface area contributed by atoms with Gasteiger partial charge in [-0.15, -0.1) is 11.3 Å². The highest BCUT2D eigenvalue weighted by molar-refractivity contribution is 7.09. The maximum absolute atomic E-state index is 12.1. The Morgan fingerprint density at radius 1 is 1.48 bits per heavy atom. The molecular weight excluding hydrogens is 290 g/mol. The van der Waals surface area contributed by atoms with Crippen LogP contribution in [0.2, 0.25) is 0 Å². The highest BCUT2D eigenvalue weighted by Gasteiger charge is 2.22. The highest BCUT2D eigenvalue weighted by atomic mass is 32.1. The Hall–Kier alpha value is -1.47. The van der Waals surface area contributed by atoms with Gasteiger partial charge in [-0.25, -0.2) is 4.98 Å². The van der Waals surface area contributed by atoms with Crippen LogP contribution in [0.4, 0.5) is 0 Å². The Kier molecular flexibility index (Phi) is 5.69. The first-order chi connectivity index (χ1) is 10.1. The van der Waals surface area contributed by atoms with E-state index in [4.69, 9.17) is 10.8 Å². The average molecular weight is 310 g/mol. The lowest BCUT2D eigenvalue weighted by atomic mass is 9.94. The number of piperidine rings is 1. The van der Waals surface area contributed by atoms with E-state index in [1.807, 2.05) is 4.90 Å². The first-order valence-electron chi connectivity index (χ1n) is 7.07. The van der Waals surface area contributed by atoms with Crippen molar-refractivity contribution in [2.45, 2.75) is 25.7 Å². The van der Waals surface area contributed by atoms with Gasteiger partial charge in [0.15, 0.2) is 0 Å². The van der Waals surface area contributed by atoms with Crippen molar-refractivity contribution in [2.24, 2.45) is 11.7 Å². The molecule has 115 valence electrons. The van der Waals surface area contributed by atoms with Crippen LogP contribution in [0.25, 0.3) is 0 Å². The minimum absolute atomic E-state index is 0.00766. The third-order valence-corrected chi connectivity index (χ3v) is 4.59. The number of aromatic nitrogens is 1. The van der Waals surface area contributed by atoms with Gasteiger partial charge in [-0.1, -0.05) is 0 Å². The summed E-state index contributed by atoms with van der Waals surface area (Å²) in [6.07, 6.45) is 4.75. The van der Waals surface area contributed by atoms with Gasteiger partial charge in [-0.3, -0.25) is 9.59 Å². The molecule has 0 saturated carbocycles. The standard InChI is InChI=1S/C14H20N3O3S/c15-14(20)11-9-21-12(16-11)1-2-13(19)17-6-3-10(4-7-17)5-8-18/h2,9-10,18H,1,3-8H2,(H2,15,20). The summed E-state index contributed by atoms with van der Waals surface area (Å²) in [6, 6.07) is 0. The lowest BCUT2D eigenvalue weighted by Crippen LogP contribution is -2.39. The van der Waals surface area contributed by atoms with Crippen molar-refractivity contribution in [3.8, 4) is 0 Å². The zero-order valence-electron chi connectivity index (χ0n) is 11.8. The van der Waals surface area contributed by atoms with Crippen molar-refractivity contribution in [2.75, 3.05) is 19.7 Å². The van der Waals surface area contributed by atoms with E-state index >= 15 is 0 Å². The normalized spacial score (nSPS) is 16.1. The van der Waals surface area contributed by atoms with Crippen LogP contribution in [0.3, 0.4) is 0 Å². The van der Waals surface area contributed by atoms with E-state index in [1.54, 1.807) is 11.8 Å². The quantitative estimate of drug-likeness (QED) is 0.804. The Morgan fingerprint density at radius 3 is 2.76 bits per heavy atom. The molecule has 1 aliphatic heterocycles. The predicted molar refractivity (Wildman–Crippen MR) is 79.6 cm³/mol. The maximum Gasteiger partial charge on any atom is 0.268 e. The van der Waals surface area contributed by atoms with E-state index in [-0.39, 0.29) is 18.2 Å². The predicted octanol–water partition coefficient (Wildman–Crippen LogP) is 0.610. The third kappa shape index (κ3) is 4.50. The number of amides is 2. The van der Waals surface area contributed by atoms with Gasteiger partial charge in [0, 0.05) is 31.5 Å². The van der Waals surface area contributed by atoms with Gasteiger partial charge in [0.25, 0.3) is 5.91 Å². The van der Waals surface area contributed by atoms with Gasteiger partial charge in [0.1, 0.15) is 5.69 Å². The fourth-order valence-corrected chi connectivity index (χ4v) is 3.19. The molecule has 6 nitrogen and oxygen atoms in total. The molecule has 0 atom stereocenters. The molecule has 1 aromatic rings. The van der Waals surface area contributed by atoms with E-state index in [0.29, 0.717) is 17.3 Å². The number of hydrogen-bond donors (Lipinski definition) is 2. The lowest BCUT2D eigenvalue weighted by Gasteiger charge is -2.31. The zero-order chi connectivity index (χ0) is 15.2. The van der Waals surface area contributed by atoms with E-state index in [0.717, 1.165) is 32.4 Å². The maximum atomic E-state index is 12.1. The van der Waals surface area contributed by atoms with Gasteiger partial charge in [-0.05, 0) is 25.2 Å². The first kappa shape index (κ1) is 15.9. The van der Waals surface area contributed by atoms with Crippen LogP contribution in [-0.4, -0.2) is 46.5 Å². The van der Waals surface area contributed by atoms with Crippen molar-refractivity contribution < 1.29 is 14.7 Å². The molecule has 1 fully saturated rings. The van der Waals surface area contributed by atoms with Gasteiger partial charge in [-0.2, -0.15) is 0 Å². The summed E-state index contributed by atoms with van der Waals surface area (Å²) in [5.41, 5.74) is 5.39. The minimum Gasteiger partial charge on any atom is -0.396 e. The fourth-order valence-electron chi connectivity index (χ4n) is 2.45. The molecular formula is C14H20N3O3S. The van der Waals surface area contributed by atoms with E-state index in [1.165, 1.54) is 11.3 Å². The third-order valence-electron chi connectivity index (χ3n) is 3.72. The molecule has 0 spiro atoms. The molecule has 1 aromatic heterocycles. The smallest absolute Gasteiger partial charge is 0.268 e. The van der Waals surface area contributed by atoms with Gasteiger partial charge in [0.05, 0.1) is 11.4 Å². The largest absolute Gasteiger partial charge is 0.396 e. The second-order valence-electron chi connectivity index (χ2n) is 5.18. The summed E-state index contributed by atoms with van der Waals surface area (Å²) in [4.78, 5) is 28.9. The van der Waals surface area contributed by atoms with Crippen LogP contribution in [0.1, 0.15) is 34.8 Å².